The van der Waals surface area contributed by atoms with E-state index in [4.69, 9.17) is 11.6 Å². The molecule has 0 fully saturated rings. The summed E-state index contributed by atoms with van der Waals surface area (Å²) >= 11 is 6.52. The van der Waals surface area contributed by atoms with Crippen molar-refractivity contribution in [2.75, 3.05) is 17.7 Å². The van der Waals surface area contributed by atoms with Crippen molar-refractivity contribution in [3.8, 4) is 11.4 Å². The molecule has 2 aromatic heterocycles. The van der Waals surface area contributed by atoms with Gasteiger partial charge in [-0.15, -0.1) is 9.73 Å². The van der Waals surface area contributed by atoms with E-state index in [0.29, 0.717) is 33.4 Å². The first-order valence-corrected chi connectivity index (χ1v) is 10.6. The van der Waals surface area contributed by atoms with Crippen molar-refractivity contribution in [3.05, 3.63) is 64.8 Å². The molecule has 0 bridgehead atoms. The number of H-pyrrole nitrogens is 1. The number of aromatic amines is 1. The van der Waals surface area contributed by atoms with Gasteiger partial charge in [0.2, 0.25) is 0 Å². The lowest BCUT2D eigenvalue weighted by Crippen LogP contribution is -2.14. The largest absolute Gasteiger partial charge is 0.453 e. The van der Waals surface area contributed by atoms with Gasteiger partial charge in [0.1, 0.15) is 5.02 Å². The Balaban J connectivity index is 1.56. The molecule has 2 amide bonds. The minimum atomic E-state index is -0.611. The predicted octanol–water partition coefficient (Wildman–Crippen LogP) is 5.11. The Morgan fingerprint density at radius 1 is 1.03 bits per heavy atom. The number of carbonyl (C=O) groups excluding carboxylic acids is 2. The van der Waals surface area contributed by atoms with E-state index in [1.165, 1.54) is 11.7 Å². The number of benzene rings is 2. The van der Waals surface area contributed by atoms with E-state index in [1.54, 1.807) is 36.4 Å². The van der Waals surface area contributed by atoms with Crippen molar-refractivity contribution in [1.29, 1.82) is 0 Å². The van der Waals surface area contributed by atoms with Crippen LogP contribution in [-0.4, -0.2) is 38.9 Å². The fourth-order valence-electron chi connectivity index (χ4n) is 3.26. The molecular weight excluding hydrogens is 444 g/mol. The lowest BCUT2D eigenvalue weighted by Gasteiger charge is -2.14. The molecule has 33 heavy (non-hydrogen) atoms. The molecule has 3 N–H and O–H groups in total. The lowest BCUT2D eigenvalue weighted by molar-refractivity contribution is 0.102. The van der Waals surface area contributed by atoms with Crippen LogP contribution in [0.1, 0.15) is 36.8 Å². The standard InChI is InChI=1S/C23H23ClN6O3/c1-23(2,3)18-17(24)20-27-19(29-30(20)28-18)13-7-5-9-15(11-13)25-21(31)14-8-6-10-16(12-14)26-22(32)33-4/h5-12H,1-4H3,(H,25,31)(H,26,32)(H,27,29). The monoisotopic (exact) mass is 466 g/mol. The maximum Gasteiger partial charge on any atom is 0.411 e. The van der Waals surface area contributed by atoms with Gasteiger partial charge in [0.15, 0.2) is 11.5 Å². The number of carbonyl (C=O) groups is 2. The molecule has 4 aromatic rings. The first kappa shape index (κ1) is 22.3. The summed E-state index contributed by atoms with van der Waals surface area (Å²) in [5.41, 5.74) is 3.34. The van der Waals surface area contributed by atoms with Crippen LogP contribution in [0, 0.1) is 0 Å². The van der Waals surface area contributed by atoms with Crippen molar-refractivity contribution >= 4 is 40.6 Å². The Kier molecular flexibility index (Phi) is 5.82. The molecule has 9 nitrogen and oxygen atoms in total. The van der Waals surface area contributed by atoms with Crippen LogP contribution in [-0.2, 0) is 10.2 Å². The van der Waals surface area contributed by atoms with Crippen LogP contribution >= 0.6 is 11.6 Å². The molecule has 0 unspecified atom stereocenters. The maximum atomic E-state index is 12.7. The van der Waals surface area contributed by atoms with Gasteiger partial charge < -0.3 is 15.0 Å². The number of halogens is 1. The molecule has 10 heteroatoms. The van der Waals surface area contributed by atoms with Gasteiger partial charge >= 0.3 is 6.09 Å². The van der Waals surface area contributed by atoms with E-state index in [2.05, 4.69) is 30.6 Å². The zero-order valence-corrected chi connectivity index (χ0v) is 19.3. The van der Waals surface area contributed by atoms with E-state index < -0.39 is 6.09 Å². The summed E-state index contributed by atoms with van der Waals surface area (Å²) in [5.74, 6) is 0.244. The quantitative estimate of drug-likeness (QED) is 0.387. The summed E-state index contributed by atoms with van der Waals surface area (Å²) in [6.45, 7) is 6.11. The Morgan fingerprint density at radius 2 is 1.73 bits per heavy atom. The van der Waals surface area contributed by atoms with Crippen LogP contribution in [0.4, 0.5) is 16.2 Å². The molecule has 2 aromatic carbocycles. The van der Waals surface area contributed by atoms with Crippen molar-refractivity contribution in [1.82, 2.24) is 19.8 Å². The van der Waals surface area contributed by atoms with Gasteiger partial charge in [-0.2, -0.15) is 5.10 Å². The SMILES string of the molecule is COC(=O)Nc1cccc(C(=O)Nc2cccc(-c3nn4nc(C(C)(C)C)c(Cl)c4[nH]3)c2)c1. The van der Waals surface area contributed by atoms with Crippen molar-refractivity contribution < 1.29 is 14.3 Å². The molecule has 0 aliphatic rings. The Labute approximate surface area is 195 Å². The number of nitrogens with zero attached hydrogens (tertiary/aromatic N) is 3. The van der Waals surface area contributed by atoms with Crippen LogP contribution in [0.15, 0.2) is 48.5 Å². The van der Waals surface area contributed by atoms with E-state index in [9.17, 15) is 9.59 Å². The minimum Gasteiger partial charge on any atom is -0.453 e. The van der Waals surface area contributed by atoms with E-state index in [0.717, 1.165) is 11.3 Å². The van der Waals surface area contributed by atoms with Gasteiger partial charge in [0, 0.05) is 27.9 Å². The van der Waals surface area contributed by atoms with Crippen LogP contribution in [0.2, 0.25) is 5.02 Å². The van der Waals surface area contributed by atoms with Crippen LogP contribution in [0.3, 0.4) is 0 Å². The molecule has 0 aliphatic carbocycles. The second kappa shape index (κ2) is 8.59. The third-order valence-corrected chi connectivity index (χ3v) is 5.26. The second-order valence-corrected chi connectivity index (χ2v) is 8.83. The Bertz CT molecular complexity index is 1350. The molecule has 170 valence electrons. The predicted molar refractivity (Wildman–Crippen MR) is 127 cm³/mol. The Hall–Kier alpha value is -3.85. The second-order valence-electron chi connectivity index (χ2n) is 8.46. The van der Waals surface area contributed by atoms with Crippen LogP contribution < -0.4 is 10.6 Å². The number of hydrogen-bond donors (Lipinski definition) is 3. The van der Waals surface area contributed by atoms with Gasteiger partial charge in [-0.05, 0) is 30.3 Å². The molecule has 0 spiro atoms. The summed E-state index contributed by atoms with van der Waals surface area (Å²) < 4.78 is 6.07. The number of anilines is 2. The highest BCUT2D eigenvalue weighted by Crippen LogP contribution is 2.32. The van der Waals surface area contributed by atoms with Crippen LogP contribution in [0.25, 0.3) is 17.0 Å². The zero-order chi connectivity index (χ0) is 23.8. The normalized spacial score (nSPS) is 11.4. The molecule has 2 heterocycles. The summed E-state index contributed by atoms with van der Waals surface area (Å²) in [6, 6.07) is 13.8. The number of hydrogen-bond acceptors (Lipinski definition) is 5. The number of aromatic nitrogens is 4. The molecular formula is C23H23ClN6O3. The first-order chi connectivity index (χ1) is 15.7. The summed E-state index contributed by atoms with van der Waals surface area (Å²) in [7, 11) is 1.27. The van der Waals surface area contributed by atoms with Gasteiger partial charge in [-0.3, -0.25) is 10.1 Å². The fraction of sp³-hybridized carbons (Fsp3) is 0.217. The molecule has 0 saturated carbocycles. The number of nitrogens with one attached hydrogen (secondary N) is 3. The third kappa shape index (κ3) is 4.68. The summed E-state index contributed by atoms with van der Waals surface area (Å²) in [4.78, 5) is 27.3. The van der Waals surface area contributed by atoms with Gasteiger partial charge in [0.25, 0.3) is 5.91 Å². The van der Waals surface area contributed by atoms with Crippen molar-refractivity contribution in [3.63, 3.8) is 0 Å². The van der Waals surface area contributed by atoms with Gasteiger partial charge in [-0.1, -0.05) is 50.6 Å². The van der Waals surface area contributed by atoms with Crippen molar-refractivity contribution in [2.45, 2.75) is 26.2 Å². The highest BCUT2D eigenvalue weighted by molar-refractivity contribution is 6.34. The lowest BCUT2D eigenvalue weighted by atomic mass is 9.92. The topological polar surface area (TPSA) is 113 Å². The average molecular weight is 467 g/mol. The fourth-order valence-corrected chi connectivity index (χ4v) is 3.71. The van der Waals surface area contributed by atoms with E-state index in [-0.39, 0.29) is 11.3 Å². The summed E-state index contributed by atoms with van der Waals surface area (Å²) in [5, 5.41) is 14.9. The number of fused-ring (bicyclic) bond motifs is 1. The highest BCUT2D eigenvalue weighted by Gasteiger charge is 2.25. The van der Waals surface area contributed by atoms with Gasteiger partial charge in [-0.25, -0.2) is 4.79 Å². The van der Waals surface area contributed by atoms with E-state index >= 15 is 0 Å². The van der Waals surface area contributed by atoms with E-state index in [1.807, 2.05) is 32.9 Å². The van der Waals surface area contributed by atoms with Gasteiger partial charge in [0.05, 0.1) is 12.8 Å². The number of amides is 2. The molecule has 0 radical (unpaired) electrons. The number of methoxy groups -OCH3 is 1. The van der Waals surface area contributed by atoms with Crippen molar-refractivity contribution in [2.24, 2.45) is 0 Å². The molecule has 4 rings (SSSR count). The molecule has 0 atom stereocenters. The number of rotatable bonds is 4. The highest BCUT2D eigenvalue weighted by atomic mass is 35.5. The minimum absolute atomic E-state index is 0.209. The summed E-state index contributed by atoms with van der Waals surface area (Å²) in [6.07, 6.45) is -0.611. The smallest absolute Gasteiger partial charge is 0.411 e. The molecule has 0 aliphatic heterocycles. The zero-order valence-electron chi connectivity index (χ0n) is 18.6. The molecule has 0 saturated heterocycles. The maximum absolute atomic E-state index is 12.7. The number of ether oxygens (including phenoxy) is 1. The Morgan fingerprint density at radius 3 is 2.39 bits per heavy atom. The average Bonchev–Trinajstić information content (AvgIpc) is 3.33. The third-order valence-electron chi connectivity index (χ3n) is 4.90. The first-order valence-electron chi connectivity index (χ1n) is 10.2. The van der Waals surface area contributed by atoms with Crippen LogP contribution in [0.5, 0.6) is 0 Å².